The number of fused-ring (bicyclic) bond motifs is 1. The number of amides is 1. The highest BCUT2D eigenvalue weighted by Gasteiger charge is 2.18. The summed E-state index contributed by atoms with van der Waals surface area (Å²) in [5, 5.41) is 4.72. The van der Waals surface area contributed by atoms with E-state index in [9.17, 15) is 9.59 Å². The number of benzene rings is 1. The molecule has 1 aliphatic heterocycles. The Hall–Kier alpha value is -2.54. The molecule has 7 heteroatoms. The molecule has 1 N–H and O–H groups in total. The fraction of sp³-hybridized carbons (Fsp3) is 0.250. The smallest absolute Gasteiger partial charge is 0.338 e. The van der Waals surface area contributed by atoms with Crippen LogP contribution in [0.25, 0.3) is 0 Å². The monoisotopic (exact) mass is 333 g/mol. The first-order chi connectivity index (χ1) is 11.1. The van der Waals surface area contributed by atoms with E-state index in [1.807, 2.05) is 24.4 Å². The van der Waals surface area contributed by atoms with E-state index in [2.05, 4.69) is 5.32 Å². The van der Waals surface area contributed by atoms with E-state index >= 15 is 0 Å². The highest BCUT2D eigenvalue weighted by atomic mass is 32.1. The minimum Gasteiger partial charge on any atom is -0.454 e. The molecule has 0 radical (unpaired) electrons. The molecule has 0 bridgehead atoms. The second kappa shape index (κ2) is 6.70. The Morgan fingerprint density at radius 3 is 2.91 bits per heavy atom. The van der Waals surface area contributed by atoms with E-state index in [-0.39, 0.29) is 25.3 Å². The maximum atomic E-state index is 12.0. The molecule has 23 heavy (non-hydrogen) atoms. The van der Waals surface area contributed by atoms with E-state index in [0.29, 0.717) is 17.1 Å². The molecule has 3 rings (SSSR count). The van der Waals surface area contributed by atoms with Crippen LogP contribution in [-0.2, 0) is 9.53 Å². The Bertz CT molecular complexity index is 713. The number of hydrogen-bond acceptors (Lipinski definition) is 6. The lowest BCUT2D eigenvalue weighted by atomic mass is 10.2. The molecular weight excluding hydrogens is 318 g/mol. The van der Waals surface area contributed by atoms with Gasteiger partial charge in [-0.05, 0) is 36.6 Å². The summed E-state index contributed by atoms with van der Waals surface area (Å²) < 4.78 is 15.4. The average molecular weight is 333 g/mol. The molecule has 0 aliphatic carbocycles. The van der Waals surface area contributed by atoms with Crippen LogP contribution >= 0.6 is 11.3 Å². The van der Waals surface area contributed by atoms with Crippen molar-refractivity contribution < 1.29 is 23.8 Å². The molecule has 1 aromatic heterocycles. The van der Waals surface area contributed by atoms with Gasteiger partial charge >= 0.3 is 5.97 Å². The van der Waals surface area contributed by atoms with Crippen LogP contribution in [0.5, 0.6) is 11.5 Å². The van der Waals surface area contributed by atoms with Crippen molar-refractivity contribution in [1.29, 1.82) is 0 Å². The van der Waals surface area contributed by atoms with Gasteiger partial charge in [-0.2, -0.15) is 0 Å². The third-order valence-corrected chi connectivity index (χ3v) is 4.35. The van der Waals surface area contributed by atoms with Gasteiger partial charge in [-0.1, -0.05) is 6.07 Å². The molecule has 1 aromatic carbocycles. The number of esters is 1. The van der Waals surface area contributed by atoms with Crippen molar-refractivity contribution in [2.24, 2.45) is 0 Å². The van der Waals surface area contributed by atoms with Crippen molar-refractivity contribution in [3.63, 3.8) is 0 Å². The standard InChI is InChI=1S/C16H15NO5S/c1-10(14-3-2-6-23-14)17-15(18)8-20-16(19)11-4-5-12-13(7-11)22-9-21-12/h2-7,10H,8-9H2,1H3,(H,17,18)/t10-/m0/s1. The topological polar surface area (TPSA) is 73.9 Å². The first-order valence-electron chi connectivity index (χ1n) is 7.03. The number of nitrogens with one attached hydrogen (secondary N) is 1. The molecule has 0 saturated carbocycles. The molecule has 6 nitrogen and oxygen atoms in total. The van der Waals surface area contributed by atoms with Crippen molar-refractivity contribution >= 4 is 23.2 Å². The summed E-state index contributed by atoms with van der Waals surface area (Å²) in [4.78, 5) is 24.9. The molecule has 120 valence electrons. The van der Waals surface area contributed by atoms with Crippen LogP contribution in [0.2, 0.25) is 0 Å². The highest BCUT2D eigenvalue weighted by molar-refractivity contribution is 7.10. The van der Waals surface area contributed by atoms with Crippen LogP contribution in [0.15, 0.2) is 35.7 Å². The molecule has 2 heterocycles. The third kappa shape index (κ3) is 3.62. The predicted molar refractivity (Wildman–Crippen MR) is 83.7 cm³/mol. The molecule has 0 fully saturated rings. The minimum absolute atomic E-state index is 0.119. The molecule has 1 aliphatic rings. The lowest BCUT2D eigenvalue weighted by Crippen LogP contribution is -2.30. The van der Waals surface area contributed by atoms with Crippen LogP contribution in [0.4, 0.5) is 0 Å². The van der Waals surface area contributed by atoms with Gasteiger partial charge in [-0.3, -0.25) is 4.79 Å². The number of ether oxygens (including phenoxy) is 3. The molecule has 0 unspecified atom stereocenters. The Balaban J connectivity index is 1.51. The number of thiophene rings is 1. The maximum absolute atomic E-state index is 12.0. The van der Waals surface area contributed by atoms with E-state index in [0.717, 1.165) is 4.88 Å². The largest absolute Gasteiger partial charge is 0.454 e. The number of carbonyl (C=O) groups is 2. The Kier molecular flexibility index (Phi) is 4.47. The minimum atomic E-state index is -0.581. The zero-order valence-electron chi connectivity index (χ0n) is 12.4. The van der Waals surface area contributed by atoms with E-state index in [1.54, 1.807) is 23.5 Å². The van der Waals surface area contributed by atoms with Gasteiger partial charge in [-0.25, -0.2) is 4.79 Å². The SMILES string of the molecule is C[C@H](NC(=O)COC(=O)c1ccc2c(c1)OCO2)c1cccs1. The van der Waals surface area contributed by atoms with Crippen LogP contribution < -0.4 is 14.8 Å². The van der Waals surface area contributed by atoms with Crippen LogP contribution in [0.3, 0.4) is 0 Å². The number of hydrogen-bond donors (Lipinski definition) is 1. The van der Waals surface area contributed by atoms with Crippen LogP contribution in [0.1, 0.15) is 28.2 Å². The molecule has 2 aromatic rings. The fourth-order valence-corrected chi connectivity index (χ4v) is 2.86. The first-order valence-corrected chi connectivity index (χ1v) is 7.91. The normalized spacial score (nSPS) is 13.4. The van der Waals surface area contributed by atoms with E-state index in [4.69, 9.17) is 14.2 Å². The summed E-state index contributed by atoms with van der Waals surface area (Å²) in [7, 11) is 0. The zero-order chi connectivity index (χ0) is 16.2. The summed E-state index contributed by atoms with van der Waals surface area (Å²) in [5.41, 5.74) is 0.313. The fourth-order valence-electron chi connectivity index (χ4n) is 2.13. The number of carbonyl (C=O) groups excluding carboxylic acids is 2. The van der Waals surface area contributed by atoms with E-state index in [1.165, 1.54) is 6.07 Å². The van der Waals surface area contributed by atoms with Crippen molar-refractivity contribution in [3.8, 4) is 11.5 Å². The summed E-state index contributed by atoms with van der Waals surface area (Å²) in [6, 6.07) is 8.49. The quantitative estimate of drug-likeness (QED) is 0.851. The van der Waals surface area contributed by atoms with Crippen LogP contribution in [0, 0.1) is 0 Å². The third-order valence-electron chi connectivity index (χ3n) is 3.29. The Morgan fingerprint density at radius 1 is 1.30 bits per heavy atom. The van der Waals surface area contributed by atoms with Gasteiger partial charge in [-0.15, -0.1) is 11.3 Å². The Labute approximate surface area is 137 Å². The van der Waals surface area contributed by atoms with Gasteiger partial charge < -0.3 is 19.5 Å². The van der Waals surface area contributed by atoms with Crippen molar-refractivity contribution in [1.82, 2.24) is 5.32 Å². The molecule has 0 saturated heterocycles. The van der Waals surface area contributed by atoms with Crippen molar-refractivity contribution in [3.05, 3.63) is 46.2 Å². The molecule has 1 amide bonds. The molecular formula is C16H15NO5S. The maximum Gasteiger partial charge on any atom is 0.338 e. The average Bonchev–Trinajstić information content (AvgIpc) is 3.22. The second-order valence-corrected chi connectivity index (χ2v) is 5.93. The van der Waals surface area contributed by atoms with Gasteiger partial charge in [0.2, 0.25) is 6.79 Å². The Morgan fingerprint density at radius 2 is 2.13 bits per heavy atom. The van der Waals surface area contributed by atoms with Gasteiger partial charge in [0.1, 0.15) is 0 Å². The second-order valence-electron chi connectivity index (χ2n) is 4.95. The zero-order valence-corrected chi connectivity index (χ0v) is 13.2. The predicted octanol–water partition coefficient (Wildman–Crippen LogP) is 2.51. The van der Waals surface area contributed by atoms with Crippen LogP contribution in [-0.4, -0.2) is 25.3 Å². The summed E-state index contributed by atoms with van der Waals surface area (Å²) >= 11 is 1.56. The molecule has 0 spiro atoms. The molecule has 1 atom stereocenters. The first kappa shape index (κ1) is 15.4. The van der Waals surface area contributed by atoms with E-state index < -0.39 is 5.97 Å². The number of rotatable bonds is 5. The van der Waals surface area contributed by atoms with Crippen molar-refractivity contribution in [2.75, 3.05) is 13.4 Å². The van der Waals surface area contributed by atoms with Gasteiger partial charge in [0.15, 0.2) is 18.1 Å². The summed E-state index contributed by atoms with van der Waals surface area (Å²) in [6.07, 6.45) is 0. The van der Waals surface area contributed by atoms with Crippen molar-refractivity contribution in [2.45, 2.75) is 13.0 Å². The summed E-state index contributed by atoms with van der Waals surface area (Å²) in [5.74, 6) is 0.154. The highest BCUT2D eigenvalue weighted by Crippen LogP contribution is 2.32. The lowest BCUT2D eigenvalue weighted by molar-refractivity contribution is -0.124. The van der Waals surface area contributed by atoms with Gasteiger partial charge in [0, 0.05) is 4.88 Å². The van der Waals surface area contributed by atoms with Gasteiger partial charge in [0.05, 0.1) is 11.6 Å². The lowest BCUT2D eigenvalue weighted by Gasteiger charge is -2.12. The summed E-state index contributed by atoms with van der Waals surface area (Å²) in [6.45, 7) is 1.68. The van der Waals surface area contributed by atoms with Gasteiger partial charge in [0.25, 0.3) is 5.91 Å².